The fourth-order valence-electron chi connectivity index (χ4n) is 2.89. The van der Waals surface area contributed by atoms with Crippen LogP contribution in [-0.4, -0.2) is 18.0 Å². The molecule has 0 aliphatic carbocycles. The van der Waals surface area contributed by atoms with Crippen molar-refractivity contribution in [2.24, 2.45) is 17.3 Å². The van der Waals surface area contributed by atoms with E-state index < -0.39 is 5.60 Å². The van der Waals surface area contributed by atoms with Crippen molar-refractivity contribution in [1.82, 2.24) is 0 Å². The first kappa shape index (κ1) is 20.6. The van der Waals surface area contributed by atoms with Crippen LogP contribution in [0.2, 0.25) is 0 Å². The van der Waals surface area contributed by atoms with Gasteiger partial charge < -0.3 is 4.74 Å². The smallest absolute Gasteiger partial charge is 0.161 e. The average molecular weight is 299 g/mol. The Morgan fingerprint density at radius 2 is 1.71 bits per heavy atom. The number of carbonyl (C=O) groups excluding carboxylic acids is 1. The minimum Gasteiger partial charge on any atom is -0.367 e. The molecule has 0 aromatic carbocycles. The first-order valence-corrected chi connectivity index (χ1v) is 8.77. The van der Waals surface area contributed by atoms with Crippen LogP contribution in [0.25, 0.3) is 0 Å². The van der Waals surface area contributed by atoms with Gasteiger partial charge in [0.2, 0.25) is 0 Å². The molecule has 0 saturated heterocycles. The van der Waals surface area contributed by atoms with E-state index in [0.29, 0.717) is 18.4 Å². The van der Waals surface area contributed by atoms with E-state index in [2.05, 4.69) is 48.5 Å². The van der Waals surface area contributed by atoms with Gasteiger partial charge in [0.15, 0.2) is 5.78 Å². The third-order valence-electron chi connectivity index (χ3n) is 4.98. The zero-order chi connectivity index (χ0) is 16.7. The molecule has 0 amide bonds. The summed E-state index contributed by atoms with van der Waals surface area (Å²) in [5.74, 6) is 1.40. The summed E-state index contributed by atoms with van der Waals surface area (Å²) in [5, 5.41) is 0. The lowest BCUT2D eigenvalue weighted by Crippen LogP contribution is -2.44. The molecule has 0 radical (unpaired) electrons. The third-order valence-corrected chi connectivity index (χ3v) is 4.98. The van der Waals surface area contributed by atoms with Crippen LogP contribution in [0, 0.1) is 17.3 Å². The number of ether oxygens (including phenoxy) is 1. The highest BCUT2D eigenvalue weighted by molar-refractivity contribution is 5.84. The lowest BCUT2D eigenvalue weighted by atomic mass is 9.69. The fraction of sp³-hybridized carbons (Fsp3) is 0.947. The molecule has 126 valence electrons. The van der Waals surface area contributed by atoms with Crippen LogP contribution >= 0.6 is 0 Å². The highest BCUT2D eigenvalue weighted by Crippen LogP contribution is 2.40. The molecule has 0 rings (SSSR count). The van der Waals surface area contributed by atoms with Crippen molar-refractivity contribution in [3.8, 4) is 0 Å². The molecule has 3 atom stereocenters. The molecule has 0 spiro atoms. The van der Waals surface area contributed by atoms with Gasteiger partial charge in [0.1, 0.15) is 5.60 Å². The monoisotopic (exact) mass is 298 g/mol. The van der Waals surface area contributed by atoms with Crippen molar-refractivity contribution in [3.05, 3.63) is 0 Å². The molecule has 21 heavy (non-hydrogen) atoms. The van der Waals surface area contributed by atoms with Gasteiger partial charge in [0, 0.05) is 6.61 Å². The van der Waals surface area contributed by atoms with Gasteiger partial charge in [-0.3, -0.25) is 4.79 Å². The Hall–Kier alpha value is -0.370. The van der Waals surface area contributed by atoms with Crippen LogP contribution in [-0.2, 0) is 9.53 Å². The molecule has 0 aromatic rings. The molecule has 0 bridgehead atoms. The van der Waals surface area contributed by atoms with Gasteiger partial charge in [-0.05, 0) is 49.9 Å². The van der Waals surface area contributed by atoms with Crippen molar-refractivity contribution in [2.75, 3.05) is 6.61 Å². The molecule has 2 heteroatoms. The van der Waals surface area contributed by atoms with Gasteiger partial charge >= 0.3 is 0 Å². The Labute approximate surface area is 133 Å². The van der Waals surface area contributed by atoms with E-state index in [1.54, 1.807) is 6.92 Å². The zero-order valence-electron chi connectivity index (χ0n) is 15.7. The number of hydrogen-bond donors (Lipinski definition) is 0. The zero-order valence-corrected chi connectivity index (χ0v) is 15.7. The summed E-state index contributed by atoms with van der Waals surface area (Å²) >= 11 is 0. The summed E-state index contributed by atoms with van der Waals surface area (Å²) in [4.78, 5) is 12.3. The van der Waals surface area contributed by atoms with Gasteiger partial charge in [0.25, 0.3) is 0 Å². The molecule has 0 saturated carbocycles. The van der Waals surface area contributed by atoms with E-state index in [1.165, 1.54) is 12.8 Å². The van der Waals surface area contributed by atoms with E-state index >= 15 is 0 Å². The molecule has 0 aromatic heterocycles. The van der Waals surface area contributed by atoms with Crippen molar-refractivity contribution in [2.45, 2.75) is 93.1 Å². The first-order chi connectivity index (χ1) is 9.62. The minimum absolute atomic E-state index is 0.192. The van der Waals surface area contributed by atoms with Crippen LogP contribution in [0.1, 0.15) is 87.5 Å². The lowest BCUT2D eigenvalue weighted by Gasteiger charge is -2.40. The highest BCUT2D eigenvalue weighted by Gasteiger charge is 2.40. The molecular weight excluding hydrogens is 260 g/mol. The van der Waals surface area contributed by atoms with Gasteiger partial charge in [-0.1, -0.05) is 54.9 Å². The molecule has 0 heterocycles. The predicted octanol–water partition coefficient (Wildman–Crippen LogP) is 5.64. The van der Waals surface area contributed by atoms with Crippen molar-refractivity contribution in [3.63, 3.8) is 0 Å². The van der Waals surface area contributed by atoms with Crippen LogP contribution in [0.5, 0.6) is 0 Å². The third kappa shape index (κ3) is 6.50. The Balaban J connectivity index is 5.24. The van der Waals surface area contributed by atoms with E-state index in [-0.39, 0.29) is 11.2 Å². The fourth-order valence-corrected chi connectivity index (χ4v) is 2.89. The predicted molar refractivity (Wildman–Crippen MR) is 91.6 cm³/mol. The maximum atomic E-state index is 12.3. The number of carbonyl (C=O) groups is 1. The normalized spacial score (nSPS) is 18.1. The summed E-state index contributed by atoms with van der Waals surface area (Å²) in [6.07, 6.45) is 4.95. The SMILES string of the molecule is CCCOC(CC)(CC(CC(C)CC)C(C)(C)C)C(C)=O. The van der Waals surface area contributed by atoms with Crippen LogP contribution < -0.4 is 0 Å². The van der Waals surface area contributed by atoms with Crippen molar-refractivity contribution >= 4 is 5.78 Å². The maximum Gasteiger partial charge on any atom is 0.161 e. The largest absolute Gasteiger partial charge is 0.367 e. The molecule has 2 nitrogen and oxygen atoms in total. The Morgan fingerprint density at radius 1 is 1.14 bits per heavy atom. The molecule has 3 unspecified atom stereocenters. The van der Waals surface area contributed by atoms with Gasteiger partial charge in [-0.15, -0.1) is 0 Å². The highest BCUT2D eigenvalue weighted by atomic mass is 16.5. The summed E-state index contributed by atoms with van der Waals surface area (Å²) in [6.45, 7) is 18.0. The van der Waals surface area contributed by atoms with E-state index in [9.17, 15) is 4.79 Å². The molecule has 0 N–H and O–H groups in total. The van der Waals surface area contributed by atoms with E-state index in [1.807, 2.05) is 0 Å². The number of ketones is 1. The topological polar surface area (TPSA) is 26.3 Å². The number of Topliss-reactive ketones (excluding diaryl/α,β-unsaturated/α-hetero) is 1. The first-order valence-electron chi connectivity index (χ1n) is 8.77. The van der Waals surface area contributed by atoms with Gasteiger partial charge in [0.05, 0.1) is 0 Å². The summed E-state index contributed by atoms with van der Waals surface area (Å²) in [6, 6.07) is 0. The maximum absolute atomic E-state index is 12.3. The average Bonchev–Trinajstić information content (AvgIpc) is 2.40. The summed E-state index contributed by atoms with van der Waals surface area (Å²) in [7, 11) is 0. The second kappa shape index (κ2) is 8.92. The molecular formula is C19H38O2. The number of hydrogen-bond acceptors (Lipinski definition) is 2. The van der Waals surface area contributed by atoms with Crippen molar-refractivity contribution in [1.29, 1.82) is 0 Å². The standard InChI is InChI=1S/C19H38O2/c1-9-12-21-19(11-3,16(5)20)14-17(18(6,7)8)13-15(4)10-2/h15,17H,9-14H2,1-8H3. The van der Waals surface area contributed by atoms with E-state index in [4.69, 9.17) is 4.74 Å². The Kier molecular flexibility index (Phi) is 8.77. The Morgan fingerprint density at radius 3 is 2.05 bits per heavy atom. The lowest BCUT2D eigenvalue weighted by molar-refractivity contribution is -0.148. The number of rotatable bonds is 10. The molecule has 0 aliphatic rings. The van der Waals surface area contributed by atoms with Crippen LogP contribution in [0.4, 0.5) is 0 Å². The van der Waals surface area contributed by atoms with Crippen molar-refractivity contribution < 1.29 is 9.53 Å². The van der Waals surface area contributed by atoms with Gasteiger partial charge in [-0.25, -0.2) is 0 Å². The second-order valence-electron chi connectivity index (χ2n) is 7.77. The quantitative estimate of drug-likeness (QED) is 0.521. The summed E-state index contributed by atoms with van der Waals surface area (Å²) in [5.41, 5.74) is -0.379. The second-order valence-corrected chi connectivity index (χ2v) is 7.77. The van der Waals surface area contributed by atoms with E-state index in [0.717, 1.165) is 19.3 Å². The Bertz CT molecular complexity index is 303. The summed E-state index contributed by atoms with van der Waals surface area (Å²) < 4.78 is 6.08. The van der Waals surface area contributed by atoms with Crippen LogP contribution in [0.3, 0.4) is 0 Å². The minimum atomic E-state index is -0.582. The molecule has 0 aliphatic heterocycles. The molecule has 0 fully saturated rings. The van der Waals surface area contributed by atoms with Crippen LogP contribution in [0.15, 0.2) is 0 Å². The van der Waals surface area contributed by atoms with Gasteiger partial charge in [-0.2, -0.15) is 0 Å².